The molecule has 2 aromatic rings. The van der Waals surface area contributed by atoms with E-state index in [9.17, 15) is 9.90 Å². The summed E-state index contributed by atoms with van der Waals surface area (Å²) in [5, 5.41) is 10.3. The predicted octanol–water partition coefficient (Wildman–Crippen LogP) is 2.67. The highest BCUT2D eigenvalue weighted by Crippen LogP contribution is 2.15. The Hall–Kier alpha value is -2.37. The van der Waals surface area contributed by atoms with Gasteiger partial charge in [-0.05, 0) is 11.1 Å². The fourth-order valence-corrected chi connectivity index (χ4v) is 2.95. The number of ether oxygens (including phenoxy) is 1. The second-order valence-corrected chi connectivity index (χ2v) is 6.25. The largest absolute Gasteiger partial charge is 0.445 e. The smallest absolute Gasteiger partial charge is 0.410 e. The van der Waals surface area contributed by atoms with Gasteiger partial charge in [-0.2, -0.15) is 0 Å². The zero-order chi connectivity index (χ0) is 17.5. The molecule has 1 N–H and O–H groups in total. The van der Waals surface area contributed by atoms with E-state index in [1.165, 1.54) is 0 Å². The minimum atomic E-state index is -0.502. The van der Waals surface area contributed by atoms with Gasteiger partial charge in [0.05, 0.1) is 6.10 Å². The zero-order valence-electron chi connectivity index (χ0n) is 14.3. The summed E-state index contributed by atoms with van der Waals surface area (Å²) < 4.78 is 5.37. The molecule has 1 fully saturated rings. The summed E-state index contributed by atoms with van der Waals surface area (Å²) in [5.74, 6) is 0. The summed E-state index contributed by atoms with van der Waals surface area (Å²) in [5.41, 5.74) is 1.91. The van der Waals surface area contributed by atoms with Gasteiger partial charge in [-0.15, -0.1) is 0 Å². The lowest BCUT2D eigenvalue weighted by Gasteiger charge is -2.35. The third kappa shape index (κ3) is 5.05. The Kier molecular flexibility index (Phi) is 6.04. The average molecular weight is 340 g/mol. The van der Waals surface area contributed by atoms with E-state index in [1.54, 1.807) is 4.90 Å². The molecule has 2 aromatic carbocycles. The summed E-state index contributed by atoms with van der Waals surface area (Å²) in [6.45, 7) is 3.60. The van der Waals surface area contributed by atoms with E-state index in [2.05, 4.69) is 4.90 Å². The molecule has 5 heteroatoms. The standard InChI is InChI=1S/C20H24N2O3/c23-19(18-9-5-2-6-10-18)15-21-11-13-22(14-12-21)20(24)25-16-17-7-3-1-4-8-17/h1-10,19,23H,11-16H2. The quantitative estimate of drug-likeness (QED) is 0.909. The van der Waals surface area contributed by atoms with Gasteiger partial charge in [0.1, 0.15) is 6.61 Å². The molecule has 1 aliphatic heterocycles. The van der Waals surface area contributed by atoms with Crippen molar-refractivity contribution in [1.82, 2.24) is 9.80 Å². The van der Waals surface area contributed by atoms with Crippen LogP contribution in [0.25, 0.3) is 0 Å². The molecule has 0 aliphatic carbocycles. The lowest BCUT2D eigenvalue weighted by atomic mass is 10.1. The van der Waals surface area contributed by atoms with E-state index in [-0.39, 0.29) is 6.09 Å². The molecule has 0 spiro atoms. The Morgan fingerprint density at radius 2 is 1.56 bits per heavy atom. The molecule has 5 nitrogen and oxygen atoms in total. The van der Waals surface area contributed by atoms with Crippen molar-refractivity contribution in [2.45, 2.75) is 12.7 Å². The van der Waals surface area contributed by atoms with Crippen molar-refractivity contribution >= 4 is 6.09 Å². The SMILES string of the molecule is O=C(OCc1ccccc1)N1CCN(CC(O)c2ccccc2)CC1. The molecule has 1 amide bonds. The third-order valence-corrected chi connectivity index (χ3v) is 4.45. The van der Waals surface area contributed by atoms with Crippen LogP contribution >= 0.6 is 0 Å². The van der Waals surface area contributed by atoms with E-state index >= 15 is 0 Å². The molecule has 1 aliphatic rings. The molecule has 1 saturated heterocycles. The fraction of sp³-hybridized carbons (Fsp3) is 0.350. The lowest BCUT2D eigenvalue weighted by Crippen LogP contribution is -2.49. The van der Waals surface area contributed by atoms with Crippen molar-refractivity contribution < 1.29 is 14.6 Å². The van der Waals surface area contributed by atoms with Crippen molar-refractivity contribution in [3.63, 3.8) is 0 Å². The predicted molar refractivity (Wildman–Crippen MR) is 96.0 cm³/mol. The van der Waals surface area contributed by atoms with E-state index in [1.807, 2.05) is 60.7 Å². The van der Waals surface area contributed by atoms with Gasteiger partial charge in [0.2, 0.25) is 0 Å². The second kappa shape index (κ2) is 8.65. The number of rotatable bonds is 5. The van der Waals surface area contributed by atoms with Crippen LogP contribution in [0.3, 0.4) is 0 Å². The molecule has 0 radical (unpaired) electrons. The van der Waals surface area contributed by atoms with Crippen LogP contribution in [0.4, 0.5) is 4.79 Å². The number of carbonyl (C=O) groups excluding carboxylic acids is 1. The van der Waals surface area contributed by atoms with Crippen LogP contribution in [-0.4, -0.2) is 53.7 Å². The number of hydrogen-bond donors (Lipinski definition) is 1. The summed E-state index contributed by atoms with van der Waals surface area (Å²) in [6, 6.07) is 19.3. The number of hydrogen-bond acceptors (Lipinski definition) is 4. The summed E-state index contributed by atoms with van der Waals surface area (Å²) in [7, 11) is 0. The topological polar surface area (TPSA) is 53.0 Å². The molecule has 1 heterocycles. The van der Waals surface area contributed by atoms with E-state index < -0.39 is 6.10 Å². The Balaban J connectivity index is 1.41. The minimum absolute atomic E-state index is 0.271. The van der Waals surface area contributed by atoms with Crippen LogP contribution in [-0.2, 0) is 11.3 Å². The van der Waals surface area contributed by atoms with Gasteiger partial charge in [-0.25, -0.2) is 4.79 Å². The number of amides is 1. The highest BCUT2D eigenvalue weighted by atomic mass is 16.6. The maximum Gasteiger partial charge on any atom is 0.410 e. The number of aliphatic hydroxyl groups is 1. The average Bonchev–Trinajstić information content (AvgIpc) is 2.68. The van der Waals surface area contributed by atoms with E-state index in [0.717, 1.165) is 24.2 Å². The van der Waals surface area contributed by atoms with E-state index in [4.69, 9.17) is 4.74 Å². The van der Waals surface area contributed by atoms with Crippen molar-refractivity contribution in [3.05, 3.63) is 71.8 Å². The number of carbonyl (C=O) groups is 1. The number of benzene rings is 2. The summed E-state index contributed by atoms with van der Waals surface area (Å²) in [4.78, 5) is 16.1. The normalized spacial score (nSPS) is 16.4. The van der Waals surface area contributed by atoms with Gasteiger partial charge in [-0.1, -0.05) is 60.7 Å². The van der Waals surface area contributed by atoms with Gasteiger partial charge < -0.3 is 14.7 Å². The Labute approximate surface area is 148 Å². The zero-order valence-corrected chi connectivity index (χ0v) is 14.3. The second-order valence-electron chi connectivity index (χ2n) is 6.25. The maximum absolute atomic E-state index is 12.2. The summed E-state index contributed by atoms with van der Waals surface area (Å²) in [6.07, 6.45) is -0.773. The van der Waals surface area contributed by atoms with Crippen LogP contribution in [0.2, 0.25) is 0 Å². The van der Waals surface area contributed by atoms with Gasteiger partial charge in [0.25, 0.3) is 0 Å². The van der Waals surface area contributed by atoms with Crippen LogP contribution in [0.15, 0.2) is 60.7 Å². The molecule has 1 unspecified atom stereocenters. The molecule has 0 bridgehead atoms. The maximum atomic E-state index is 12.2. The van der Waals surface area contributed by atoms with Gasteiger partial charge in [0, 0.05) is 32.7 Å². The molecule has 132 valence electrons. The molecular formula is C20H24N2O3. The van der Waals surface area contributed by atoms with Crippen LogP contribution in [0, 0.1) is 0 Å². The third-order valence-electron chi connectivity index (χ3n) is 4.45. The monoisotopic (exact) mass is 340 g/mol. The van der Waals surface area contributed by atoms with Crippen LogP contribution < -0.4 is 0 Å². The number of aliphatic hydroxyl groups excluding tert-OH is 1. The molecule has 0 aromatic heterocycles. The molecular weight excluding hydrogens is 316 g/mol. The van der Waals surface area contributed by atoms with Crippen LogP contribution in [0.1, 0.15) is 17.2 Å². The Morgan fingerprint density at radius 3 is 2.20 bits per heavy atom. The Morgan fingerprint density at radius 1 is 0.960 bits per heavy atom. The van der Waals surface area contributed by atoms with Crippen molar-refractivity contribution in [3.8, 4) is 0 Å². The van der Waals surface area contributed by atoms with Crippen molar-refractivity contribution in [1.29, 1.82) is 0 Å². The Bertz CT molecular complexity index is 655. The first-order valence-corrected chi connectivity index (χ1v) is 8.63. The fourth-order valence-electron chi connectivity index (χ4n) is 2.95. The lowest BCUT2D eigenvalue weighted by molar-refractivity contribution is 0.0532. The molecule has 0 saturated carbocycles. The number of nitrogens with zero attached hydrogens (tertiary/aromatic N) is 2. The summed E-state index contributed by atoms with van der Waals surface area (Å²) >= 11 is 0. The first-order valence-electron chi connectivity index (χ1n) is 8.63. The van der Waals surface area contributed by atoms with E-state index in [0.29, 0.717) is 26.2 Å². The highest BCUT2D eigenvalue weighted by molar-refractivity contribution is 5.67. The van der Waals surface area contributed by atoms with Crippen LogP contribution in [0.5, 0.6) is 0 Å². The van der Waals surface area contributed by atoms with Crippen molar-refractivity contribution in [2.75, 3.05) is 32.7 Å². The minimum Gasteiger partial charge on any atom is -0.445 e. The number of piperazine rings is 1. The molecule has 3 rings (SSSR count). The molecule has 1 atom stereocenters. The first kappa shape index (κ1) is 17.5. The van der Waals surface area contributed by atoms with Gasteiger partial charge in [0.15, 0.2) is 0 Å². The molecule has 25 heavy (non-hydrogen) atoms. The first-order chi connectivity index (χ1) is 12.2. The van der Waals surface area contributed by atoms with Gasteiger partial charge in [-0.3, -0.25) is 4.90 Å². The highest BCUT2D eigenvalue weighted by Gasteiger charge is 2.23. The van der Waals surface area contributed by atoms with Crippen molar-refractivity contribution in [2.24, 2.45) is 0 Å². The number of β-amino-alcohol motifs (C(OH)–C–C–N with tert-alkyl or cyclic N) is 1. The van der Waals surface area contributed by atoms with Gasteiger partial charge >= 0.3 is 6.09 Å².